The van der Waals surface area contributed by atoms with Gasteiger partial charge < -0.3 is 9.84 Å². The molecule has 0 aliphatic carbocycles. The van der Waals surface area contributed by atoms with Crippen LogP contribution in [0.25, 0.3) is 0 Å². The van der Waals surface area contributed by atoms with Crippen molar-refractivity contribution in [3.8, 4) is 11.6 Å². The van der Waals surface area contributed by atoms with E-state index in [1.54, 1.807) is 12.1 Å². The number of hydrogen-bond donors (Lipinski definition) is 1. The first kappa shape index (κ1) is 13.5. The zero-order valence-electron chi connectivity index (χ0n) is 10.4. The van der Waals surface area contributed by atoms with Gasteiger partial charge in [-0.15, -0.1) is 0 Å². The van der Waals surface area contributed by atoms with Crippen molar-refractivity contribution in [3.63, 3.8) is 0 Å². The minimum absolute atomic E-state index is 0.0988. The topological polar surface area (TPSA) is 103 Å². The standard InChI is InChI=1S/C13H10N2O5/c1-8-4-5-14-12(6-8)20-11-7-9(13(16)17)2-3-10(11)15(18)19/h2-7H,1H3,(H,16,17). The summed E-state index contributed by atoms with van der Waals surface area (Å²) in [4.78, 5) is 25.1. The Labute approximate surface area is 113 Å². The van der Waals surface area contributed by atoms with Gasteiger partial charge in [0.05, 0.1) is 10.5 Å². The number of carbonyl (C=O) groups is 1. The van der Waals surface area contributed by atoms with Gasteiger partial charge in [-0.1, -0.05) is 0 Å². The molecule has 7 heteroatoms. The summed E-state index contributed by atoms with van der Waals surface area (Å²) in [6.07, 6.45) is 1.50. The molecule has 0 spiro atoms. The Bertz CT molecular complexity index is 684. The largest absolute Gasteiger partial charge is 0.478 e. The molecule has 20 heavy (non-hydrogen) atoms. The second-order valence-corrected chi connectivity index (χ2v) is 4.02. The lowest BCUT2D eigenvalue weighted by atomic mass is 10.2. The molecule has 0 atom stereocenters. The van der Waals surface area contributed by atoms with Gasteiger partial charge in [-0.05, 0) is 24.6 Å². The molecule has 2 rings (SSSR count). The second kappa shape index (κ2) is 5.35. The smallest absolute Gasteiger partial charge is 0.335 e. The van der Waals surface area contributed by atoms with Gasteiger partial charge in [0.1, 0.15) is 0 Å². The Hall–Kier alpha value is -2.96. The van der Waals surface area contributed by atoms with E-state index in [2.05, 4.69) is 4.98 Å². The number of aryl methyl sites for hydroxylation is 1. The van der Waals surface area contributed by atoms with Crippen LogP contribution >= 0.6 is 0 Å². The lowest BCUT2D eigenvalue weighted by Crippen LogP contribution is -2.00. The summed E-state index contributed by atoms with van der Waals surface area (Å²) in [6, 6.07) is 6.68. The number of aromatic carboxylic acids is 1. The van der Waals surface area contributed by atoms with Crippen LogP contribution in [0.3, 0.4) is 0 Å². The van der Waals surface area contributed by atoms with Gasteiger partial charge in [0.2, 0.25) is 11.6 Å². The zero-order valence-corrected chi connectivity index (χ0v) is 10.4. The summed E-state index contributed by atoms with van der Waals surface area (Å²) in [7, 11) is 0. The lowest BCUT2D eigenvalue weighted by molar-refractivity contribution is -0.385. The van der Waals surface area contributed by atoms with Gasteiger partial charge in [-0.2, -0.15) is 0 Å². The molecule has 0 radical (unpaired) electrons. The third-order valence-electron chi connectivity index (χ3n) is 2.51. The van der Waals surface area contributed by atoms with Crippen molar-refractivity contribution in [2.24, 2.45) is 0 Å². The van der Waals surface area contributed by atoms with E-state index in [1.807, 2.05) is 6.92 Å². The Morgan fingerprint density at radius 3 is 2.70 bits per heavy atom. The number of hydrogen-bond acceptors (Lipinski definition) is 5. The van der Waals surface area contributed by atoms with E-state index < -0.39 is 10.9 Å². The molecular weight excluding hydrogens is 264 g/mol. The summed E-state index contributed by atoms with van der Waals surface area (Å²) in [5.74, 6) is -1.19. The molecule has 1 N–H and O–H groups in total. The quantitative estimate of drug-likeness (QED) is 0.679. The van der Waals surface area contributed by atoms with Crippen molar-refractivity contribution in [1.82, 2.24) is 4.98 Å². The molecule has 2 aromatic rings. The fourth-order valence-electron chi connectivity index (χ4n) is 1.56. The molecule has 0 amide bonds. The highest BCUT2D eigenvalue weighted by Crippen LogP contribution is 2.31. The van der Waals surface area contributed by atoms with Crippen molar-refractivity contribution in [3.05, 3.63) is 57.8 Å². The first-order valence-electron chi connectivity index (χ1n) is 5.59. The summed E-state index contributed by atoms with van der Waals surface area (Å²) in [6.45, 7) is 1.82. The molecule has 0 saturated heterocycles. The first-order valence-corrected chi connectivity index (χ1v) is 5.59. The molecule has 0 bridgehead atoms. The lowest BCUT2D eigenvalue weighted by Gasteiger charge is -2.06. The van der Waals surface area contributed by atoms with E-state index in [1.165, 1.54) is 6.20 Å². The molecule has 1 aromatic carbocycles. The predicted molar refractivity (Wildman–Crippen MR) is 69.1 cm³/mol. The molecule has 0 aliphatic heterocycles. The third-order valence-corrected chi connectivity index (χ3v) is 2.51. The van der Waals surface area contributed by atoms with Crippen LogP contribution in [0.4, 0.5) is 5.69 Å². The van der Waals surface area contributed by atoms with Crippen LogP contribution in [-0.2, 0) is 0 Å². The van der Waals surface area contributed by atoms with E-state index >= 15 is 0 Å². The molecule has 1 heterocycles. The number of benzene rings is 1. The van der Waals surface area contributed by atoms with Crippen molar-refractivity contribution >= 4 is 11.7 Å². The van der Waals surface area contributed by atoms with E-state index in [9.17, 15) is 14.9 Å². The highest BCUT2D eigenvalue weighted by atomic mass is 16.6. The number of nitro groups is 1. The van der Waals surface area contributed by atoms with Crippen LogP contribution in [0.2, 0.25) is 0 Å². The SMILES string of the molecule is Cc1ccnc(Oc2cc(C(=O)O)ccc2[N+](=O)[O-])c1. The van der Waals surface area contributed by atoms with Crippen molar-refractivity contribution in [2.75, 3.05) is 0 Å². The highest BCUT2D eigenvalue weighted by molar-refractivity contribution is 5.88. The number of nitro benzene ring substituents is 1. The zero-order chi connectivity index (χ0) is 14.7. The molecule has 0 unspecified atom stereocenters. The maximum Gasteiger partial charge on any atom is 0.335 e. The van der Waals surface area contributed by atoms with Gasteiger partial charge in [0, 0.05) is 24.4 Å². The van der Waals surface area contributed by atoms with Crippen molar-refractivity contribution in [2.45, 2.75) is 6.92 Å². The summed E-state index contributed by atoms with van der Waals surface area (Å²) in [5.41, 5.74) is 0.448. The van der Waals surface area contributed by atoms with Crippen molar-refractivity contribution in [1.29, 1.82) is 0 Å². The van der Waals surface area contributed by atoms with Crippen LogP contribution in [0.15, 0.2) is 36.5 Å². The average Bonchev–Trinajstić information content (AvgIpc) is 2.38. The van der Waals surface area contributed by atoms with Crippen LogP contribution in [0, 0.1) is 17.0 Å². The number of nitrogens with zero attached hydrogens (tertiary/aromatic N) is 2. The molecule has 0 aliphatic rings. The molecule has 0 saturated carbocycles. The number of carboxylic acids is 1. The van der Waals surface area contributed by atoms with Crippen LogP contribution in [0.1, 0.15) is 15.9 Å². The number of carboxylic acid groups (broad SMARTS) is 1. The van der Waals surface area contributed by atoms with Gasteiger partial charge >= 0.3 is 11.7 Å². The van der Waals surface area contributed by atoms with Gasteiger partial charge in [-0.3, -0.25) is 10.1 Å². The molecule has 0 fully saturated rings. The van der Waals surface area contributed by atoms with Crippen LogP contribution in [-0.4, -0.2) is 21.0 Å². The maximum atomic E-state index is 10.9. The predicted octanol–water partition coefficient (Wildman–Crippen LogP) is 2.79. The minimum Gasteiger partial charge on any atom is -0.478 e. The normalized spacial score (nSPS) is 10.1. The first-order chi connectivity index (χ1) is 9.47. The molecule has 7 nitrogen and oxygen atoms in total. The molecule has 102 valence electrons. The molecular formula is C13H10N2O5. The van der Waals surface area contributed by atoms with Crippen LogP contribution in [0.5, 0.6) is 11.6 Å². The highest BCUT2D eigenvalue weighted by Gasteiger charge is 2.19. The van der Waals surface area contributed by atoms with Gasteiger partial charge in [-0.25, -0.2) is 9.78 Å². The number of ether oxygens (including phenoxy) is 1. The Morgan fingerprint density at radius 2 is 2.10 bits per heavy atom. The Balaban J connectivity index is 2.44. The number of aromatic nitrogens is 1. The minimum atomic E-state index is -1.19. The van der Waals surface area contributed by atoms with E-state index in [-0.39, 0.29) is 22.9 Å². The summed E-state index contributed by atoms with van der Waals surface area (Å²) in [5, 5.41) is 19.8. The van der Waals surface area contributed by atoms with E-state index in [4.69, 9.17) is 9.84 Å². The maximum absolute atomic E-state index is 10.9. The molecule has 1 aromatic heterocycles. The average molecular weight is 274 g/mol. The Morgan fingerprint density at radius 1 is 1.35 bits per heavy atom. The van der Waals surface area contributed by atoms with Crippen LogP contribution < -0.4 is 4.74 Å². The summed E-state index contributed by atoms with van der Waals surface area (Å²) >= 11 is 0. The monoisotopic (exact) mass is 274 g/mol. The van der Waals surface area contributed by atoms with E-state index in [0.29, 0.717) is 0 Å². The fourth-order valence-corrected chi connectivity index (χ4v) is 1.56. The van der Waals surface area contributed by atoms with Gasteiger partial charge in [0.25, 0.3) is 0 Å². The fraction of sp³-hybridized carbons (Fsp3) is 0.0769. The second-order valence-electron chi connectivity index (χ2n) is 4.02. The number of rotatable bonds is 4. The van der Waals surface area contributed by atoms with Crippen molar-refractivity contribution < 1.29 is 19.6 Å². The van der Waals surface area contributed by atoms with Gasteiger partial charge in [0.15, 0.2) is 0 Å². The number of pyridine rings is 1. The summed E-state index contributed by atoms with van der Waals surface area (Å²) < 4.78 is 5.33. The Kier molecular flexibility index (Phi) is 3.60. The third kappa shape index (κ3) is 2.89. The van der Waals surface area contributed by atoms with E-state index in [0.717, 1.165) is 23.8 Å².